The molecule has 3 fully saturated rings. The van der Waals surface area contributed by atoms with Crippen LogP contribution in [0.25, 0.3) is 0 Å². The first-order valence-electron chi connectivity index (χ1n) is 7.85. The minimum absolute atomic E-state index is 0.0875. The van der Waals surface area contributed by atoms with E-state index in [-0.39, 0.29) is 5.60 Å². The number of hydrogen-bond acceptors (Lipinski definition) is 2. The average Bonchev–Trinajstić information content (AvgIpc) is 2.33. The van der Waals surface area contributed by atoms with Gasteiger partial charge in [-0.05, 0) is 55.9 Å². The first-order chi connectivity index (χ1) is 9.20. The Hall–Kier alpha value is -0.180. The van der Waals surface area contributed by atoms with Crippen molar-refractivity contribution in [3.63, 3.8) is 0 Å². The van der Waals surface area contributed by atoms with Crippen LogP contribution >= 0.6 is 15.9 Å². The highest BCUT2D eigenvalue weighted by Crippen LogP contribution is 2.64. The fourth-order valence-electron chi connectivity index (χ4n) is 5.43. The van der Waals surface area contributed by atoms with Crippen molar-refractivity contribution in [2.24, 2.45) is 22.7 Å². The molecule has 0 unspecified atom stereocenters. The summed E-state index contributed by atoms with van der Waals surface area (Å²) in [6.07, 6.45) is 4.86. The maximum Gasteiger partial charge on any atom is 0.272 e. The molecule has 20 heavy (non-hydrogen) atoms. The van der Waals surface area contributed by atoms with E-state index >= 15 is 0 Å². The van der Waals surface area contributed by atoms with Crippen LogP contribution in [0.2, 0.25) is 0 Å². The summed E-state index contributed by atoms with van der Waals surface area (Å²) in [6, 6.07) is 0. The second-order valence-corrected chi connectivity index (χ2v) is 9.18. The zero-order chi connectivity index (χ0) is 14.8. The summed E-state index contributed by atoms with van der Waals surface area (Å²) in [6.45, 7) is 14.2. The van der Waals surface area contributed by atoms with Gasteiger partial charge in [0, 0.05) is 10.7 Å². The molecule has 1 saturated heterocycles. The summed E-state index contributed by atoms with van der Waals surface area (Å²) in [5.74, 6) is 1.71. The van der Waals surface area contributed by atoms with Crippen LogP contribution in [0.4, 0.5) is 0 Å². The largest absolute Gasteiger partial charge is 0.465 e. The van der Waals surface area contributed by atoms with Gasteiger partial charge >= 0.3 is 0 Å². The fourth-order valence-corrected chi connectivity index (χ4v) is 5.98. The molecule has 0 N–H and O–H groups in total. The first kappa shape index (κ1) is 14.7. The predicted octanol–water partition coefficient (Wildman–Crippen LogP) is 4.88. The van der Waals surface area contributed by atoms with Gasteiger partial charge in [-0.1, -0.05) is 36.7 Å². The van der Waals surface area contributed by atoms with Crippen molar-refractivity contribution in [2.75, 3.05) is 6.61 Å². The lowest BCUT2D eigenvalue weighted by Crippen LogP contribution is -2.62. The topological polar surface area (TPSA) is 18.5 Å². The summed E-state index contributed by atoms with van der Waals surface area (Å²) in [5, 5.41) is 0. The third-order valence-electron chi connectivity index (χ3n) is 6.66. The van der Waals surface area contributed by atoms with Crippen molar-refractivity contribution in [1.82, 2.24) is 0 Å². The van der Waals surface area contributed by atoms with Crippen LogP contribution in [0.5, 0.6) is 0 Å². The summed E-state index contributed by atoms with van der Waals surface area (Å²) in [7, 11) is 0. The molecule has 1 aliphatic heterocycles. The van der Waals surface area contributed by atoms with Gasteiger partial charge in [0.15, 0.2) is 0 Å². The van der Waals surface area contributed by atoms with Gasteiger partial charge in [-0.15, -0.1) is 0 Å². The highest BCUT2D eigenvalue weighted by molar-refractivity contribution is 9.09. The van der Waals surface area contributed by atoms with E-state index in [1.807, 2.05) is 0 Å². The predicted molar refractivity (Wildman–Crippen MR) is 84.6 cm³/mol. The van der Waals surface area contributed by atoms with Gasteiger partial charge in [0.25, 0.3) is 5.95 Å². The Balaban J connectivity index is 1.97. The number of alkyl halides is 1. The van der Waals surface area contributed by atoms with Gasteiger partial charge in [0.1, 0.15) is 5.60 Å². The molecule has 3 rings (SSSR count). The maximum absolute atomic E-state index is 6.06. The van der Waals surface area contributed by atoms with Gasteiger partial charge in [0.2, 0.25) is 0 Å². The highest BCUT2D eigenvalue weighted by atomic mass is 79.9. The van der Waals surface area contributed by atoms with E-state index in [1.54, 1.807) is 0 Å². The quantitative estimate of drug-likeness (QED) is 0.584. The average molecular weight is 343 g/mol. The molecule has 3 heteroatoms. The molecule has 0 aromatic rings. The second-order valence-electron chi connectivity index (χ2n) is 8.07. The Kier molecular flexibility index (Phi) is 3.25. The maximum atomic E-state index is 6.06. The van der Waals surface area contributed by atoms with Gasteiger partial charge in [-0.25, -0.2) is 0 Å². The molecular formula is C17H27BrO2. The number of hydrogen-bond donors (Lipinski definition) is 0. The minimum Gasteiger partial charge on any atom is -0.465 e. The molecule has 3 aliphatic rings. The molecule has 1 heterocycles. The molecule has 2 nitrogen and oxygen atoms in total. The Labute approximate surface area is 131 Å². The summed E-state index contributed by atoms with van der Waals surface area (Å²) in [4.78, 5) is 0.623. The lowest BCUT2D eigenvalue weighted by Gasteiger charge is -2.63. The molecule has 0 aromatic heterocycles. The standard InChI is InChI=1S/C17H27BrO2/c1-11-19-10-13-16(4)8-7-14(18)15(2,3)12(16)6-9-17(13,5)20-11/h12-14H,1,6-10H2,2-5H3/t12-,13+,14+,16+,17+/m1/s1. The van der Waals surface area contributed by atoms with E-state index < -0.39 is 0 Å². The molecule has 2 aliphatic carbocycles. The number of fused-ring (bicyclic) bond motifs is 3. The monoisotopic (exact) mass is 342 g/mol. The van der Waals surface area contributed by atoms with E-state index in [0.29, 0.717) is 27.5 Å². The van der Waals surface area contributed by atoms with Crippen LogP contribution in [0.15, 0.2) is 12.5 Å². The van der Waals surface area contributed by atoms with E-state index in [0.717, 1.165) is 18.9 Å². The molecule has 114 valence electrons. The van der Waals surface area contributed by atoms with E-state index in [2.05, 4.69) is 50.2 Å². The van der Waals surface area contributed by atoms with Gasteiger partial charge in [-0.2, -0.15) is 0 Å². The normalized spacial score (nSPS) is 50.5. The Morgan fingerprint density at radius 3 is 2.50 bits per heavy atom. The van der Waals surface area contributed by atoms with E-state index in [4.69, 9.17) is 9.47 Å². The molecule has 2 saturated carbocycles. The van der Waals surface area contributed by atoms with Gasteiger partial charge < -0.3 is 9.47 Å². The molecular weight excluding hydrogens is 316 g/mol. The van der Waals surface area contributed by atoms with Crippen LogP contribution in [-0.4, -0.2) is 17.0 Å². The van der Waals surface area contributed by atoms with Crippen LogP contribution < -0.4 is 0 Å². The number of rotatable bonds is 0. The van der Waals surface area contributed by atoms with Crippen LogP contribution in [0.3, 0.4) is 0 Å². The molecule has 0 amide bonds. The fraction of sp³-hybridized carbons (Fsp3) is 0.882. The summed E-state index contributed by atoms with van der Waals surface area (Å²) in [5.41, 5.74) is 0.556. The Morgan fingerprint density at radius 2 is 1.80 bits per heavy atom. The molecule has 0 bridgehead atoms. The molecule has 5 atom stereocenters. The number of ether oxygens (including phenoxy) is 2. The van der Waals surface area contributed by atoms with Crippen LogP contribution in [0.1, 0.15) is 53.4 Å². The Bertz CT molecular complexity index is 433. The van der Waals surface area contributed by atoms with Gasteiger partial charge in [0.05, 0.1) is 6.61 Å². The SMILES string of the molecule is C=C1OC[C@H]2[C@@]3(C)CC[C@H](Br)C(C)(C)[C@H]3CC[C@]2(C)O1. The Morgan fingerprint density at radius 1 is 1.10 bits per heavy atom. The smallest absolute Gasteiger partial charge is 0.272 e. The van der Waals surface area contributed by atoms with Crippen LogP contribution in [0, 0.1) is 22.7 Å². The lowest BCUT2D eigenvalue weighted by molar-refractivity contribution is -0.241. The zero-order valence-electron chi connectivity index (χ0n) is 13.2. The van der Waals surface area contributed by atoms with Crippen molar-refractivity contribution < 1.29 is 9.47 Å². The molecule has 0 radical (unpaired) electrons. The highest BCUT2D eigenvalue weighted by Gasteiger charge is 2.62. The zero-order valence-corrected chi connectivity index (χ0v) is 14.8. The third-order valence-corrected chi connectivity index (χ3v) is 8.30. The third kappa shape index (κ3) is 1.88. The molecule has 0 spiro atoms. The molecule has 0 aromatic carbocycles. The second kappa shape index (κ2) is 4.41. The van der Waals surface area contributed by atoms with Crippen molar-refractivity contribution in [3.8, 4) is 0 Å². The lowest BCUT2D eigenvalue weighted by atomic mass is 9.45. The van der Waals surface area contributed by atoms with Crippen molar-refractivity contribution >= 4 is 15.9 Å². The van der Waals surface area contributed by atoms with Crippen molar-refractivity contribution in [3.05, 3.63) is 12.5 Å². The van der Waals surface area contributed by atoms with E-state index in [9.17, 15) is 0 Å². The summed E-state index contributed by atoms with van der Waals surface area (Å²) >= 11 is 3.93. The number of halogens is 1. The summed E-state index contributed by atoms with van der Waals surface area (Å²) < 4.78 is 11.8. The van der Waals surface area contributed by atoms with E-state index in [1.165, 1.54) is 19.3 Å². The van der Waals surface area contributed by atoms with Crippen LogP contribution in [-0.2, 0) is 9.47 Å². The van der Waals surface area contributed by atoms with Gasteiger partial charge in [-0.3, -0.25) is 0 Å². The first-order valence-corrected chi connectivity index (χ1v) is 8.76. The van der Waals surface area contributed by atoms with Crippen molar-refractivity contribution in [2.45, 2.75) is 63.8 Å². The minimum atomic E-state index is -0.0875. The van der Waals surface area contributed by atoms with Crippen molar-refractivity contribution in [1.29, 1.82) is 0 Å².